The molecule has 1 aliphatic carbocycles. The lowest BCUT2D eigenvalue weighted by Crippen LogP contribution is -2.51. The molecule has 0 spiro atoms. The molecule has 0 radical (unpaired) electrons. The highest BCUT2D eigenvalue weighted by Crippen LogP contribution is 2.47. The van der Waals surface area contributed by atoms with Gasteiger partial charge in [-0.3, -0.25) is 0 Å². The van der Waals surface area contributed by atoms with Crippen LogP contribution in [-0.4, -0.2) is 43.7 Å². The first kappa shape index (κ1) is 24.3. The average Bonchev–Trinajstić information content (AvgIpc) is 3.43. The first-order valence-corrected chi connectivity index (χ1v) is 11.1. The van der Waals surface area contributed by atoms with E-state index in [9.17, 15) is 26.3 Å². The van der Waals surface area contributed by atoms with E-state index in [1.54, 1.807) is 11.8 Å². The lowest BCUT2D eigenvalue weighted by atomic mass is 9.86. The van der Waals surface area contributed by atoms with Gasteiger partial charge >= 0.3 is 18.4 Å². The van der Waals surface area contributed by atoms with Crippen molar-refractivity contribution in [3.05, 3.63) is 41.5 Å². The average molecular weight is 517 g/mol. The van der Waals surface area contributed by atoms with E-state index in [0.717, 1.165) is 37.1 Å². The topological polar surface area (TPSA) is 108 Å². The van der Waals surface area contributed by atoms with Gasteiger partial charge in [-0.25, -0.2) is 4.68 Å². The van der Waals surface area contributed by atoms with E-state index < -0.39 is 36.5 Å². The summed E-state index contributed by atoms with van der Waals surface area (Å²) in [6, 6.07) is 2.28. The summed E-state index contributed by atoms with van der Waals surface area (Å²) in [6.07, 6.45) is -7.66. The number of ether oxygens (including phenoxy) is 1. The summed E-state index contributed by atoms with van der Waals surface area (Å²) in [7, 11) is 0. The molecule has 36 heavy (non-hydrogen) atoms. The van der Waals surface area contributed by atoms with Gasteiger partial charge in [0.1, 0.15) is 18.3 Å². The van der Waals surface area contributed by atoms with Crippen LogP contribution < -0.4 is 15.4 Å². The maximum absolute atomic E-state index is 13.3. The van der Waals surface area contributed by atoms with Crippen LogP contribution in [0.3, 0.4) is 0 Å². The molecule has 1 saturated heterocycles. The van der Waals surface area contributed by atoms with Crippen LogP contribution in [0.1, 0.15) is 36.2 Å². The number of nitrogens with two attached hydrogens (primary N) is 1. The Hall–Kier alpha value is -3.36. The highest BCUT2D eigenvalue weighted by Gasteiger charge is 2.50. The van der Waals surface area contributed by atoms with E-state index in [0.29, 0.717) is 17.1 Å². The van der Waals surface area contributed by atoms with Crippen molar-refractivity contribution in [3.63, 3.8) is 0 Å². The summed E-state index contributed by atoms with van der Waals surface area (Å²) < 4.78 is 89.8. The Kier molecular flexibility index (Phi) is 5.84. The van der Waals surface area contributed by atoms with Crippen molar-refractivity contribution < 1.29 is 35.6 Å². The Morgan fingerprint density at radius 3 is 2.42 bits per heavy atom. The largest absolute Gasteiger partial charge is 0.424 e. The monoisotopic (exact) mass is 517 g/mol. The molecular weight excluding hydrogens is 496 g/mol. The van der Waals surface area contributed by atoms with Gasteiger partial charge in [0.25, 0.3) is 0 Å². The Morgan fingerprint density at radius 1 is 1.08 bits per heavy atom. The van der Waals surface area contributed by atoms with E-state index in [1.807, 2.05) is 0 Å². The molecule has 5 rings (SSSR count). The molecule has 0 amide bonds. The fourth-order valence-electron chi connectivity index (χ4n) is 4.88. The number of fused-ring (bicyclic) bond motifs is 2. The van der Waals surface area contributed by atoms with Crippen molar-refractivity contribution in [3.8, 4) is 11.8 Å². The predicted molar refractivity (Wildman–Crippen MR) is 111 cm³/mol. The number of rotatable bonds is 5. The van der Waals surface area contributed by atoms with Gasteiger partial charge in [0.2, 0.25) is 11.8 Å². The number of alkyl halides is 6. The van der Waals surface area contributed by atoms with Crippen molar-refractivity contribution >= 4 is 5.95 Å². The molecule has 1 saturated carbocycles. The maximum atomic E-state index is 13.3. The first-order valence-electron chi connectivity index (χ1n) is 11.1. The van der Waals surface area contributed by atoms with Crippen LogP contribution in [0.5, 0.6) is 11.8 Å². The quantitative estimate of drug-likeness (QED) is 0.501. The molecule has 2 aromatic heterocycles. The van der Waals surface area contributed by atoms with E-state index in [1.165, 1.54) is 0 Å². The molecule has 4 atom stereocenters. The number of benzene rings is 1. The van der Waals surface area contributed by atoms with Crippen LogP contribution in [0.15, 0.2) is 28.8 Å². The molecule has 2 aliphatic rings. The molecular formula is C21H21F6N7O2. The second kappa shape index (κ2) is 8.64. The normalized spacial score (nSPS) is 24.4. The van der Waals surface area contributed by atoms with Gasteiger partial charge in [0.05, 0.1) is 5.56 Å². The summed E-state index contributed by atoms with van der Waals surface area (Å²) in [4.78, 5) is 10.2. The molecule has 9 nitrogen and oxygen atoms in total. The molecule has 4 unspecified atom stereocenters. The number of nitrogens with zero attached hydrogens (tertiary/aromatic N) is 6. The Labute approximate surface area is 200 Å². The van der Waals surface area contributed by atoms with Crippen LogP contribution in [-0.2, 0) is 12.7 Å². The van der Waals surface area contributed by atoms with Gasteiger partial charge in [-0.2, -0.15) is 36.3 Å². The molecule has 2 bridgehead atoms. The second-order valence-electron chi connectivity index (χ2n) is 8.95. The van der Waals surface area contributed by atoms with Gasteiger partial charge in [-0.1, -0.05) is 5.16 Å². The Morgan fingerprint density at radius 2 is 1.81 bits per heavy atom. The Bertz CT molecular complexity index is 1220. The molecule has 1 aliphatic heterocycles. The summed E-state index contributed by atoms with van der Waals surface area (Å²) >= 11 is 0. The standard InChI is InChI=1S/C21H21F6N7O2/c1-10-29-17(36-32-10)16-14-7-2-11(15(14)28)8-33(16)18-30-19(34(31-18)9-20(22,23)24)35-13-5-3-12(4-6-13)21(25,26)27/h3-6,11,14-16H,2,7-9,28H2,1H3. The minimum absolute atomic E-state index is 0.0594. The highest BCUT2D eigenvalue weighted by molar-refractivity contribution is 5.39. The number of aryl methyl sites for hydroxylation is 1. The van der Waals surface area contributed by atoms with Crippen LogP contribution in [0.4, 0.5) is 32.3 Å². The predicted octanol–water partition coefficient (Wildman–Crippen LogP) is 4.26. The zero-order chi connectivity index (χ0) is 25.8. The van der Waals surface area contributed by atoms with Gasteiger partial charge in [-0.15, -0.1) is 5.10 Å². The summed E-state index contributed by atoms with van der Waals surface area (Å²) in [5.74, 6) is 0.397. The third-order valence-corrected chi connectivity index (χ3v) is 6.48. The highest BCUT2D eigenvalue weighted by atomic mass is 19.4. The van der Waals surface area contributed by atoms with Crippen molar-refractivity contribution in [1.29, 1.82) is 0 Å². The van der Waals surface area contributed by atoms with Crippen LogP contribution in [0, 0.1) is 18.8 Å². The smallest absolute Gasteiger partial charge is 0.416 e. The SMILES string of the molecule is Cc1noc(C2C3CCC(CN2c2nc(Oc4ccc(C(F)(F)F)cc4)n(CC(F)(F)F)n2)C3N)n1. The number of halogens is 6. The number of piperidine rings is 1. The summed E-state index contributed by atoms with van der Waals surface area (Å²) in [5.41, 5.74) is 5.48. The van der Waals surface area contributed by atoms with E-state index in [4.69, 9.17) is 15.0 Å². The van der Waals surface area contributed by atoms with Gasteiger partial charge in [0.15, 0.2) is 5.82 Å². The number of hydrogen-bond donors (Lipinski definition) is 1. The molecule has 3 aromatic rings. The minimum atomic E-state index is -4.66. The first-order chi connectivity index (χ1) is 16.9. The van der Waals surface area contributed by atoms with E-state index >= 15 is 0 Å². The van der Waals surface area contributed by atoms with Gasteiger partial charge in [-0.05, 0) is 49.9 Å². The Balaban J connectivity index is 1.50. The van der Waals surface area contributed by atoms with Gasteiger partial charge < -0.3 is 19.9 Å². The van der Waals surface area contributed by atoms with E-state index in [-0.39, 0.29) is 35.5 Å². The van der Waals surface area contributed by atoms with Gasteiger partial charge in [0, 0.05) is 18.5 Å². The van der Waals surface area contributed by atoms with Crippen LogP contribution >= 0.6 is 0 Å². The number of aromatic nitrogens is 5. The lowest BCUT2D eigenvalue weighted by molar-refractivity contribution is -0.143. The van der Waals surface area contributed by atoms with Crippen molar-refractivity contribution in [1.82, 2.24) is 24.9 Å². The van der Waals surface area contributed by atoms with E-state index in [2.05, 4.69) is 20.2 Å². The third kappa shape index (κ3) is 4.70. The molecule has 3 heterocycles. The number of anilines is 1. The van der Waals surface area contributed by atoms with Crippen LogP contribution in [0.2, 0.25) is 0 Å². The molecule has 2 N–H and O–H groups in total. The zero-order valence-electron chi connectivity index (χ0n) is 18.8. The van der Waals surface area contributed by atoms with Crippen molar-refractivity contribution in [2.24, 2.45) is 17.6 Å². The van der Waals surface area contributed by atoms with Crippen molar-refractivity contribution in [2.75, 3.05) is 11.4 Å². The molecule has 194 valence electrons. The fraction of sp³-hybridized carbons (Fsp3) is 0.524. The third-order valence-electron chi connectivity index (χ3n) is 6.48. The zero-order valence-corrected chi connectivity index (χ0v) is 18.8. The molecule has 15 heteroatoms. The molecule has 2 fully saturated rings. The second-order valence-corrected chi connectivity index (χ2v) is 8.95. The lowest BCUT2D eigenvalue weighted by Gasteiger charge is -2.41. The van der Waals surface area contributed by atoms with Crippen LogP contribution in [0.25, 0.3) is 0 Å². The maximum Gasteiger partial charge on any atom is 0.416 e. The van der Waals surface area contributed by atoms with Crippen molar-refractivity contribution in [2.45, 2.75) is 50.7 Å². The summed E-state index contributed by atoms with van der Waals surface area (Å²) in [5, 5.41) is 7.88. The minimum Gasteiger partial charge on any atom is -0.424 e. The summed E-state index contributed by atoms with van der Waals surface area (Å²) in [6.45, 7) is 0.476. The number of hydrogen-bond acceptors (Lipinski definition) is 8. The molecule has 1 aromatic carbocycles. The fourth-order valence-corrected chi connectivity index (χ4v) is 4.88.